The predicted molar refractivity (Wildman–Crippen MR) is 121 cm³/mol. The molecular weight excluding hydrogens is 428 g/mol. The average molecular weight is 452 g/mol. The van der Waals surface area contributed by atoms with Gasteiger partial charge in [0, 0.05) is 5.39 Å². The van der Waals surface area contributed by atoms with E-state index in [1.165, 1.54) is 21.3 Å². The number of rotatable bonds is 6. The summed E-state index contributed by atoms with van der Waals surface area (Å²) in [5.41, 5.74) is 7.16. The minimum absolute atomic E-state index is 0.0133. The van der Waals surface area contributed by atoms with Crippen molar-refractivity contribution in [2.45, 2.75) is 12.8 Å². The Hall–Kier alpha value is -4.14. The lowest BCUT2D eigenvalue weighted by Gasteiger charge is -2.29. The molecule has 4 rings (SSSR count). The largest absolute Gasteiger partial charge is 0.493 e. The van der Waals surface area contributed by atoms with Gasteiger partial charge in [-0.2, -0.15) is 0 Å². The highest BCUT2D eigenvalue weighted by atomic mass is 16.5. The molecule has 0 radical (unpaired) electrons. The number of esters is 1. The second kappa shape index (κ2) is 8.78. The third-order valence-electron chi connectivity index (χ3n) is 5.48. The van der Waals surface area contributed by atoms with Crippen molar-refractivity contribution in [1.29, 1.82) is 0 Å². The zero-order valence-corrected chi connectivity index (χ0v) is 18.7. The quantitative estimate of drug-likeness (QED) is 0.548. The monoisotopic (exact) mass is 452 g/mol. The summed E-state index contributed by atoms with van der Waals surface area (Å²) >= 11 is 0. The van der Waals surface area contributed by atoms with Gasteiger partial charge in [0.2, 0.25) is 11.6 Å². The summed E-state index contributed by atoms with van der Waals surface area (Å²) in [4.78, 5) is 29.1. The molecule has 0 aliphatic carbocycles. The highest BCUT2D eigenvalue weighted by Crippen LogP contribution is 2.47. The van der Waals surface area contributed by atoms with Crippen molar-refractivity contribution in [2.24, 2.45) is 5.73 Å². The van der Waals surface area contributed by atoms with E-state index < -0.39 is 17.4 Å². The summed E-state index contributed by atoms with van der Waals surface area (Å²) in [7, 11) is 4.45. The Morgan fingerprint density at radius 2 is 1.76 bits per heavy atom. The number of nitrogens with one attached hydrogen (secondary N) is 1. The van der Waals surface area contributed by atoms with Crippen molar-refractivity contribution in [3.8, 4) is 23.0 Å². The number of ether oxygens (including phenoxy) is 5. The molecule has 3 N–H and O–H groups in total. The number of methoxy groups -OCH3 is 3. The number of hydrogen-bond donors (Lipinski definition) is 2. The molecule has 2 aromatic carbocycles. The van der Waals surface area contributed by atoms with Gasteiger partial charge in [0.05, 0.1) is 44.9 Å². The second-order valence-corrected chi connectivity index (χ2v) is 7.23. The van der Waals surface area contributed by atoms with Gasteiger partial charge in [-0.05, 0) is 36.8 Å². The van der Waals surface area contributed by atoms with Gasteiger partial charge in [-0.25, -0.2) is 4.79 Å². The first kappa shape index (κ1) is 22.1. The Bertz CT molecular complexity index is 1300. The standard InChI is InChI=1S/C24H24N2O7/c1-5-32-24(28)19-17(12-10-15(29-2)21(31-4)16(11-12)30-3)18-20(33-22(19)25)13-8-6-7-9-14(13)26-23(18)27/h6-11,17H,5,25H2,1-4H3,(H,26,27)/t17-/m1/s1. The van der Waals surface area contributed by atoms with Crippen LogP contribution in [0.4, 0.5) is 0 Å². The fourth-order valence-corrected chi connectivity index (χ4v) is 4.08. The number of nitrogens with two attached hydrogens (primary N) is 1. The molecule has 1 aliphatic heterocycles. The van der Waals surface area contributed by atoms with Crippen LogP contribution in [0.3, 0.4) is 0 Å². The fraction of sp³-hybridized carbons (Fsp3) is 0.250. The van der Waals surface area contributed by atoms with Crippen LogP contribution in [0.25, 0.3) is 10.9 Å². The van der Waals surface area contributed by atoms with E-state index in [9.17, 15) is 9.59 Å². The van der Waals surface area contributed by atoms with E-state index in [1.807, 2.05) is 6.07 Å². The number of fused-ring (bicyclic) bond motifs is 3. The van der Waals surface area contributed by atoms with Crippen LogP contribution in [-0.2, 0) is 9.53 Å². The number of benzene rings is 2. The Kier molecular flexibility index (Phi) is 5.87. The van der Waals surface area contributed by atoms with Crippen molar-refractivity contribution < 1.29 is 28.5 Å². The van der Waals surface area contributed by atoms with E-state index in [-0.39, 0.29) is 29.4 Å². The van der Waals surface area contributed by atoms with Gasteiger partial charge in [0.15, 0.2) is 11.5 Å². The second-order valence-electron chi connectivity index (χ2n) is 7.23. The molecule has 9 nitrogen and oxygen atoms in total. The molecule has 0 amide bonds. The zero-order valence-electron chi connectivity index (χ0n) is 18.7. The average Bonchev–Trinajstić information content (AvgIpc) is 2.82. The molecule has 0 bridgehead atoms. The molecule has 0 fully saturated rings. The van der Waals surface area contributed by atoms with Crippen LogP contribution in [0.2, 0.25) is 0 Å². The molecule has 1 atom stereocenters. The number of carbonyl (C=O) groups is 1. The number of carbonyl (C=O) groups excluding carboxylic acids is 1. The minimum atomic E-state index is -0.908. The molecule has 3 aromatic rings. The van der Waals surface area contributed by atoms with Crippen LogP contribution < -0.4 is 30.2 Å². The van der Waals surface area contributed by atoms with Crippen LogP contribution in [0.15, 0.2) is 52.6 Å². The first-order valence-corrected chi connectivity index (χ1v) is 10.2. The lowest BCUT2D eigenvalue weighted by Crippen LogP contribution is -2.32. The third kappa shape index (κ3) is 3.61. The molecule has 172 valence electrons. The molecule has 2 heterocycles. The first-order chi connectivity index (χ1) is 15.9. The number of H-pyrrole nitrogens is 1. The van der Waals surface area contributed by atoms with E-state index in [0.717, 1.165) is 0 Å². The van der Waals surface area contributed by atoms with E-state index in [4.69, 9.17) is 29.4 Å². The first-order valence-electron chi connectivity index (χ1n) is 10.2. The van der Waals surface area contributed by atoms with E-state index in [1.54, 1.807) is 37.3 Å². The van der Waals surface area contributed by atoms with Gasteiger partial charge in [-0.3, -0.25) is 4.79 Å². The molecule has 9 heteroatoms. The van der Waals surface area contributed by atoms with Gasteiger partial charge in [0.1, 0.15) is 11.3 Å². The Morgan fingerprint density at radius 1 is 1.09 bits per heavy atom. The number of para-hydroxylation sites is 1. The van der Waals surface area contributed by atoms with Crippen molar-refractivity contribution in [3.05, 3.63) is 69.3 Å². The summed E-state index contributed by atoms with van der Waals surface area (Å²) < 4.78 is 27.5. The summed E-state index contributed by atoms with van der Waals surface area (Å²) in [6.07, 6.45) is 0. The van der Waals surface area contributed by atoms with Crippen LogP contribution in [0, 0.1) is 0 Å². The maximum Gasteiger partial charge on any atom is 0.340 e. The van der Waals surface area contributed by atoms with Gasteiger partial charge < -0.3 is 34.4 Å². The SMILES string of the molecule is CCOC(=O)C1=C(N)Oc2c(c(=O)[nH]c3ccccc23)[C@H]1c1cc(OC)c(OC)c(OC)c1. The Balaban J connectivity index is 2.07. The molecule has 0 unspecified atom stereocenters. The molecule has 1 aliphatic rings. The maximum absolute atomic E-state index is 13.3. The van der Waals surface area contributed by atoms with Crippen molar-refractivity contribution in [1.82, 2.24) is 4.98 Å². The Labute approximate surface area is 189 Å². The summed E-state index contributed by atoms with van der Waals surface area (Å²) in [6.45, 7) is 1.81. The molecule has 0 saturated heterocycles. The van der Waals surface area contributed by atoms with E-state index in [2.05, 4.69) is 4.98 Å². The lowest BCUT2D eigenvalue weighted by atomic mass is 9.82. The lowest BCUT2D eigenvalue weighted by molar-refractivity contribution is -0.139. The van der Waals surface area contributed by atoms with Gasteiger partial charge in [0.25, 0.3) is 5.56 Å². The smallest absolute Gasteiger partial charge is 0.340 e. The van der Waals surface area contributed by atoms with Crippen LogP contribution in [0.1, 0.15) is 24.0 Å². The van der Waals surface area contributed by atoms with Gasteiger partial charge >= 0.3 is 5.97 Å². The molecule has 0 spiro atoms. The van der Waals surface area contributed by atoms with Crippen LogP contribution in [0.5, 0.6) is 23.0 Å². The van der Waals surface area contributed by atoms with Gasteiger partial charge in [-0.15, -0.1) is 0 Å². The minimum Gasteiger partial charge on any atom is -0.493 e. The zero-order chi connectivity index (χ0) is 23.7. The summed E-state index contributed by atoms with van der Waals surface area (Å²) in [5, 5.41) is 0.649. The van der Waals surface area contributed by atoms with Crippen molar-refractivity contribution in [2.75, 3.05) is 27.9 Å². The molecule has 0 saturated carbocycles. The van der Waals surface area contributed by atoms with Crippen molar-refractivity contribution >= 4 is 16.9 Å². The van der Waals surface area contributed by atoms with Crippen LogP contribution in [-0.4, -0.2) is 38.9 Å². The summed E-state index contributed by atoms with van der Waals surface area (Å²) in [5.74, 6) is -0.369. The van der Waals surface area contributed by atoms with E-state index in [0.29, 0.717) is 33.7 Å². The highest BCUT2D eigenvalue weighted by Gasteiger charge is 2.39. The highest BCUT2D eigenvalue weighted by molar-refractivity contribution is 5.95. The predicted octanol–water partition coefficient (Wildman–Crippen LogP) is 2.81. The normalized spacial score (nSPS) is 15.0. The number of pyridine rings is 1. The molecule has 33 heavy (non-hydrogen) atoms. The van der Waals surface area contributed by atoms with Gasteiger partial charge in [-0.1, -0.05) is 12.1 Å². The number of hydrogen-bond acceptors (Lipinski definition) is 8. The van der Waals surface area contributed by atoms with Crippen molar-refractivity contribution in [3.63, 3.8) is 0 Å². The van der Waals surface area contributed by atoms with E-state index >= 15 is 0 Å². The Morgan fingerprint density at radius 3 is 2.36 bits per heavy atom. The topological polar surface area (TPSA) is 122 Å². The molecular formula is C24H24N2O7. The number of aromatic nitrogens is 1. The maximum atomic E-state index is 13.3. The fourth-order valence-electron chi connectivity index (χ4n) is 4.08. The number of aromatic amines is 1. The van der Waals surface area contributed by atoms with Crippen LogP contribution >= 0.6 is 0 Å². The third-order valence-corrected chi connectivity index (χ3v) is 5.48. The summed E-state index contributed by atoms with van der Waals surface area (Å²) in [6, 6.07) is 10.5. The molecule has 1 aromatic heterocycles.